The highest BCUT2D eigenvalue weighted by Crippen LogP contribution is 2.19. The van der Waals surface area contributed by atoms with E-state index < -0.39 is 6.04 Å². The summed E-state index contributed by atoms with van der Waals surface area (Å²) in [5.74, 6) is 0.358. The minimum atomic E-state index is -0.419. The van der Waals surface area contributed by atoms with Crippen molar-refractivity contribution in [1.82, 2.24) is 10.6 Å². The third-order valence-corrected chi connectivity index (χ3v) is 4.07. The lowest BCUT2D eigenvalue weighted by atomic mass is 10.1. The van der Waals surface area contributed by atoms with Crippen LogP contribution in [0.15, 0.2) is 28.7 Å². The van der Waals surface area contributed by atoms with Gasteiger partial charge in [0, 0.05) is 10.2 Å². The monoisotopic (exact) mass is 328 g/mol. The number of thioether (sulfide) groups is 1. The Morgan fingerprint density at radius 3 is 3.00 bits per heavy atom. The van der Waals surface area contributed by atoms with Gasteiger partial charge in [-0.2, -0.15) is 0 Å². The Hall–Kier alpha value is -1.01. The number of hydrogen-bond acceptors (Lipinski definition) is 3. The fourth-order valence-corrected chi connectivity index (χ4v) is 2.89. The summed E-state index contributed by atoms with van der Waals surface area (Å²) in [6.45, 7) is 1.92. The number of carbonyl (C=O) groups is 2. The molecule has 1 aliphatic heterocycles. The van der Waals surface area contributed by atoms with Crippen LogP contribution in [0.4, 0.5) is 4.79 Å². The van der Waals surface area contributed by atoms with Crippen LogP contribution in [0.5, 0.6) is 0 Å². The van der Waals surface area contributed by atoms with Crippen molar-refractivity contribution < 1.29 is 9.59 Å². The van der Waals surface area contributed by atoms with Crippen molar-refractivity contribution in [2.75, 3.05) is 5.75 Å². The van der Waals surface area contributed by atoms with Gasteiger partial charge in [0.2, 0.25) is 5.91 Å². The topological polar surface area (TPSA) is 58.2 Å². The summed E-state index contributed by atoms with van der Waals surface area (Å²) in [5.41, 5.74) is 1.02. The van der Waals surface area contributed by atoms with Gasteiger partial charge in [0.05, 0.1) is 6.04 Å². The van der Waals surface area contributed by atoms with Crippen molar-refractivity contribution in [2.45, 2.75) is 19.0 Å². The highest BCUT2D eigenvalue weighted by molar-refractivity contribution is 9.10. The first-order valence-electron chi connectivity index (χ1n) is 5.55. The quantitative estimate of drug-likeness (QED) is 0.896. The molecule has 2 N–H and O–H groups in total. The van der Waals surface area contributed by atoms with E-state index in [0.717, 1.165) is 21.8 Å². The lowest BCUT2D eigenvalue weighted by Crippen LogP contribution is -2.43. The average Bonchev–Trinajstić information content (AvgIpc) is 2.76. The molecule has 1 aromatic rings. The van der Waals surface area contributed by atoms with Crippen LogP contribution < -0.4 is 10.6 Å². The molecule has 1 saturated heterocycles. The van der Waals surface area contributed by atoms with Gasteiger partial charge in [0.25, 0.3) is 5.24 Å². The molecule has 4 nitrogen and oxygen atoms in total. The Kier molecular flexibility index (Phi) is 4.29. The first-order valence-corrected chi connectivity index (χ1v) is 7.33. The van der Waals surface area contributed by atoms with Crippen LogP contribution in [0.2, 0.25) is 0 Å². The second kappa shape index (κ2) is 5.75. The van der Waals surface area contributed by atoms with Crippen LogP contribution in [0.3, 0.4) is 0 Å². The molecule has 2 amide bonds. The maximum atomic E-state index is 11.9. The van der Waals surface area contributed by atoms with E-state index in [0.29, 0.717) is 5.75 Å². The van der Waals surface area contributed by atoms with E-state index in [9.17, 15) is 9.59 Å². The predicted octanol–water partition coefficient (Wildman–Crippen LogP) is 2.45. The highest BCUT2D eigenvalue weighted by Gasteiger charge is 2.28. The van der Waals surface area contributed by atoms with Gasteiger partial charge in [0.1, 0.15) is 6.04 Å². The molecule has 6 heteroatoms. The first-order chi connectivity index (χ1) is 8.56. The van der Waals surface area contributed by atoms with E-state index in [1.54, 1.807) is 0 Å². The van der Waals surface area contributed by atoms with E-state index in [2.05, 4.69) is 26.6 Å². The molecule has 0 saturated carbocycles. The molecule has 18 heavy (non-hydrogen) atoms. The normalized spacial score (nSPS) is 20.3. The summed E-state index contributed by atoms with van der Waals surface area (Å²) >= 11 is 4.54. The Morgan fingerprint density at radius 1 is 1.61 bits per heavy atom. The number of nitrogens with one attached hydrogen (secondary N) is 2. The van der Waals surface area contributed by atoms with Crippen LogP contribution in [0.25, 0.3) is 0 Å². The number of hydrogen-bond donors (Lipinski definition) is 2. The van der Waals surface area contributed by atoms with Gasteiger partial charge >= 0.3 is 0 Å². The highest BCUT2D eigenvalue weighted by atomic mass is 79.9. The number of carbonyl (C=O) groups excluding carboxylic acids is 2. The Balaban J connectivity index is 1.97. The summed E-state index contributed by atoms with van der Waals surface area (Å²) in [6.07, 6.45) is 0. The summed E-state index contributed by atoms with van der Waals surface area (Å²) in [6, 6.07) is 7.28. The van der Waals surface area contributed by atoms with Gasteiger partial charge in [-0.25, -0.2) is 0 Å². The van der Waals surface area contributed by atoms with Gasteiger partial charge < -0.3 is 10.6 Å². The molecule has 1 heterocycles. The first kappa shape index (κ1) is 13.4. The molecule has 2 rings (SSSR count). The fraction of sp³-hybridized carbons (Fsp3) is 0.333. The predicted molar refractivity (Wildman–Crippen MR) is 75.5 cm³/mol. The van der Waals surface area contributed by atoms with Crippen molar-refractivity contribution in [1.29, 1.82) is 0 Å². The van der Waals surface area contributed by atoms with E-state index >= 15 is 0 Å². The average molecular weight is 329 g/mol. The molecule has 2 unspecified atom stereocenters. The van der Waals surface area contributed by atoms with E-state index in [-0.39, 0.29) is 17.2 Å². The zero-order valence-corrected chi connectivity index (χ0v) is 12.2. The Bertz CT molecular complexity index is 481. The molecule has 0 aromatic heterocycles. The largest absolute Gasteiger partial charge is 0.348 e. The van der Waals surface area contributed by atoms with Crippen molar-refractivity contribution in [2.24, 2.45) is 0 Å². The summed E-state index contributed by atoms with van der Waals surface area (Å²) < 4.78 is 0.978. The molecule has 1 aliphatic rings. The van der Waals surface area contributed by atoms with Crippen molar-refractivity contribution in [3.8, 4) is 0 Å². The van der Waals surface area contributed by atoms with Gasteiger partial charge in [-0.1, -0.05) is 39.8 Å². The molecule has 96 valence electrons. The zero-order chi connectivity index (χ0) is 13.1. The van der Waals surface area contributed by atoms with Crippen LogP contribution >= 0.6 is 27.7 Å². The van der Waals surface area contributed by atoms with Crippen molar-refractivity contribution >= 4 is 38.8 Å². The standard InChI is InChI=1S/C12H13BrN2O2S/c1-7(8-3-2-4-9(13)5-8)14-11(16)10-6-18-12(17)15-10/h2-5,7,10H,6H2,1H3,(H,14,16)(H,15,17). The number of halogens is 1. The molecule has 2 atom stereocenters. The minimum absolute atomic E-state index is 0.0856. The fourth-order valence-electron chi connectivity index (χ4n) is 1.70. The smallest absolute Gasteiger partial charge is 0.279 e. The summed E-state index contributed by atoms with van der Waals surface area (Å²) in [4.78, 5) is 22.9. The van der Waals surface area contributed by atoms with Crippen molar-refractivity contribution in [3.05, 3.63) is 34.3 Å². The number of amides is 2. The lowest BCUT2D eigenvalue weighted by Gasteiger charge is -2.17. The van der Waals surface area contributed by atoms with E-state index in [1.807, 2.05) is 31.2 Å². The second-order valence-electron chi connectivity index (χ2n) is 4.08. The maximum absolute atomic E-state index is 11.9. The van der Waals surface area contributed by atoms with Crippen LogP contribution in [0, 0.1) is 0 Å². The number of benzene rings is 1. The Morgan fingerprint density at radius 2 is 2.39 bits per heavy atom. The van der Waals surface area contributed by atoms with E-state index in [4.69, 9.17) is 0 Å². The van der Waals surface area contributed by atoms with Crippen LogP contribution in [-0.4, -0.2) is 22.9 Å². The third kappa shape index (κ3) is 3.26. The molecule has 0 bridgehead atoms. The molecular formula is C12H13BrN2O2S. The summed E-state index contributed by atoms with van der Waals surface area (Å²) in [5, 5.41) is 5.39. The molecule has 0 spiro atoms. The van der Waals surface area contributed by atoms with Crippen LogP contribution in [0.1, 0.15) is 18.5 Å². The van der Waals surface area contributed by atoms with Crippen LogP contribution in [-0.2, 0) is 4.79 Å². The minimum Gasteiger partial charge on any atom is -0.348 e. The van der Waals surface area contributed by atoms with E-state index in [1.165, 1.54) is 0 Å². The maximum Gasteiger partial charge on any atom is 0.279 e. The molecule has 1 aromatic carbocycles. The zero-order valence-electron chi connectivity index (χ0n) is 9.77. The van der Waals surface area contributed by atoms with Gasteiger partial charge in [-0.3, -0.25) is 9.59 Å². The molecule has 0 radical (unpaired) electrons. The lowest BCUT2D eigenvalue weighted by molar-refractivity contribution is -0.122. The van der Waals surface area contributed by atoms with Crippen molar-refractivity contribution in [3.63, 3.8) is 0 Å². The third-order valence-electron chi connectivity index (χ3n) is 2.70. The number of rotatable bonds is 3. The van der Waals surface area contributed by atoms with Gasteiger partial charge in [-0.15, -0.1) is 0 Å². The molecule has 0 aliphatic carbocycles. The van der Waals surface area contributed by atoms with Gasteiger partial charge in [0.15, 0.2) is 0 Å². The second-order valence-corrected chi connectivity index (χ2v) is 5.99. The van der Waals surface area contributed by atoms with Gasteiger partial charge in [-0.05, 0) is 24.6 Å². The molecule has 1 fully saturated rings. The SMILES string of the molecule is CC(NC(=O)C1CSC(=O)N1)c1cccc(Br)c1. The summed E-state index contributed by atoms with van der Waals surface area (Å²) in [7, 11) is 0. The molecular weight excluding hydrogens is 316 g/mol. The Labute approximate surface area is 118 Å².